The second-order valence-electron chi connectivity index (χ2n) is 7.77. The van der Waals surface area contributed by atoms with E-state index in [1.165, 1.54) is 52.9 Å². The van der Waals surface area contributed by atoms with Gasteiger partial charge in [-0.2, -0.15) is 0 Å². The number of hydrogen-bond donors (Lipinski definition) is 0. The summed E-state index contributed by atoms with van der Waals surface area (Å²) in [5, 5.41) is 5.70. The first-order valence-corrected chi connectivity index (χ1v) is 9.70. The first kappa shape index (κ1) is 15.2. The molecule has 1 fully saturated rings. The number of likely N-dealkylation sites (N-methyl/N-ethyl adjacent to an activating group) is 1. The molecule has 0 unspecified atom stereocenters. The number of anilines is 1. The van der Waals surface area contributed by atoms with Gasteiger partial charge in [0.1, 0.15) is 0 Å². The number of rotatable bonds is 1. The van der Waals surface area contributed by atoms with Gasteiger partial charge in [0.05, 0.1) is 0 Å². The highest BCUT2D eigenvalue weighted by Crippen LogP contribution is 2.34. The molecule has 1 aliphatic carbocycles. The summed E-state index contributed by atoms with van der Waals surface area (Å²) in [5.41, 5.74) is 4.55. The third-order valence-corrected chi connectivity index (χ3v) is 6.20. The van der Waals surface area contributed by atoms with Crippen molar-refractivity contribution in [2.24, 2.45) is 0 Å². The van der Waals surface area contributed by atoms with Crippen LogP contribution < -0.4 is 4.90 Å². The fourth-order valence-corrected chi connectivity index (χ4v) is 4.65. The predicted octanol–water partition coefficient (Wildman–Crippen LogP) is 4.62. The summed E-state index contributed by atoms with van der Waals surface area (Å²) in [5.74, 6) is 0. The largest absolute Gasteiger partial charge is 0.369 e. The van der Waals surface area contributed by atoms with Crippen LogP contribution in [0.3, 0.4) is 0 Å². The van der Waals surface area contributed by atoms with Crippen molar-refractivity contribution in [3.8, 4) is 0 Å². The van der Waals surface area contributed by atoms with E-state index in [1.807, 2.05) is 0 Å². The Kier molecular flexibility index (Phi) is 3.67. The van der Waals surface area contributed by atoms with E-state index in [0.29, 0.717) is 0 Å². The van der Waals surface area contributed by atoms with Crippen LogP contribution in [-0.2, 0) is 12.8 Å². The van der Waals surface area contributed by atoms with Crippen molar-refractivity contribution in [2.75, 3.05) is 38.1 Å². The lowest BCUT2D eigenvalue weighted by molar-refractivity contribution is 0.313. The van der Waals surface area contributed by atoms with Gasteiger partial charge in [0.15, 0.2) is 0 Å². The standard InChI is InChI=1S/C23H26N2/c1-24-12-14-25(15-13-24)19-8-11-21-18(16-19)7-10-22-20-5-3-2-4-17(20)6-9-23(21)22/h6-11,16H,2-5,12-15H2,1H3. The Labute approximate surface area is 150 Å². The van der Waals surface area contributed by atoms with E-state index in [9.17, 15) is 0 Å². The predicted molar refractivity (Wildman–Crippen MR) is 108 cm³/mol. The lowest BCUT2D eigenvalue weighted by Gasteiger charge is -2.34. The molecule has 1 aliphatic heterocycles. The van der Waals surface area contributed by atoms with Gasteiger partial charge in [-0.15, -0.1) is 0 Å². The summed E-state index contributed by atoms with van der Waals surface area (Å²) in [4.78, 5) is 4.94. The number of benzene rings is 3. The average molecular weight is 330 g/mol. The Morgan fingerprint density at radius 3 is 2.36 bits per heavy atom. The molecule has 0 N–H and O–H groups in total. The molecule has 0 aromatic heterocycles. The topological polar surface area (TPSA) is 6.48 Å². The fraction of sp³-hybridized carbons (Fsp3) is 0.391. The van der Waals surface area contributed by atoms with Crippen LogP contribution in [0.5, 0.6) is 0 Å². The molecule has 128 valence electrons. The van der Waals surface area contributed by atoms with Crippen LogP contribution in [0.15, 0.2) is 42.5 Å². The lowest BCUT2D eigenvalue weighted by Crippen LogP contribution is -2.44. The SMILES string of the molecule is CN1CCN(c2ccc3c(ccc4c5c(ccc43)CCCC5)c2)CC1. The quantitative estimate of drug-likeness (QED) is 0.601. The highest BCUT2D eigenvalue weighted by Gasteiger charge is 2.16. The summed E-state index contributed by atoms with van der Waals surface area (Å²) in [7, 11) is 2.21. The molecule has 0 bridgehead atoms. The maximum atomic E-state index is 2.52. The molecule has 3 aromatic carbocycles. The second kappa shape index (κ2) is 6.03. The number of aryl methyl sites for hydroxylation is 2. The maximum Gasteiger partial charge on any atom is 0.0373 e. The molecular weight excluding hydrogens is 304 g/mol. The molecule has 1 saturated heterocycles. The lowest BCUT2D eigenvalue weighted by atomic mass is 9.86. The minimum atomic E-state index is 1.13. The van der Waals surface area contributed by atoms with Gasteiger partial charge >= 0.3 is 0 Å². The van der Waals surface area contributed by atoms with Crippen molar-refractivity contribution in [1.29, 1.82) is 0 Å². The molecule has 0 radical (unpaired) electrons. The summed E-state index contributed by atoms with van der Waals surface area (Å²) >= 11 is 0. The van der Waals surface area contributed by atoms with Crippen molar-refractivity contribution >= 4 is 27.2 Å². The van der Waals surface area contributed by atoms with Gasteiger partial charge in [0.2, 0.25) is 0 Å². The zero-order valence-corrected chi connectivity index (χ0v) is 15.1. The van der Waals surface area contributed by atoms with Gasteiger partial charge in [-0.25, -0.2) is 0 Å². The van der Waals surface area contributed by atoms with Crippen molar-refractivity contribution in [1.82, 2.24) is 4.90 Å². The van der Waals surface area contributed by atoms with E-state index in [4.69, 9.17) is 0 Å². The van der Waals surface area contributed by atoms with Gasteiger partial charge in [-0.3, -0.25) is 0 Å². The molecule has 5 rings (SSSR count). The minimum absolute atomic E-state index is 1.13. The Morgan fingerprint density at radius 2 is 1.48 bits per heavy atom. The van der Waals surface area contributed by atoms with E-state index in [2.05, 4.69) is 59.3 Å². The number of piperazine rings is 1. The van der Waals surface area contributed by atoms with E-state index >= 15 is 0 Å². The summed E-state index contributed by atoms with van der Waals surface area (Å²) in [6.45, 7) is 4.57. The van der Waals surface area contributed by atoms with Crippen LogP contribution in [0, 0.1) is 0 Å². The third-order valence-electron chi connectivity index (χ3n) is 6.20. The van der Waals surface area contributed by atoms with Gasteiger partial charge in [-0.05, 0) is 77.5 Å². The van der Waals surface area contributed by atoms with E-state index in [-0.39, 0.29) is 0 Å². The average Bonchev–Trinajstić information content (AvgIpc) is 2.67. The summed E-state index contributed by atoms with van der Waals surface area (Å²) in [6.07, 6.45) is 5.19. The van der Waals surface area contributed by atoms with Gasteiger partial charge < -0.3 is 9.80 Å². The van der Waals surface area contributed by atoms with Crippen molar-refractivity contribution in [2.45, 2.75) is 25.7 Å². The van der Waals surface area contributed by atoms with Crippen LogP contribution in [0.2, 0.25) is 0 Å². The first-order valence-electron chi connectivity index (χ1n) is 9.70. The van der Waals surface area contributed by atoms with Crippen LogP contribution in [0.25, 0.3) is 21.5 Å². The molecule has 2 aliphatic rings. The first-order chi connectivity index (χ1) is 12.3. The van der Waals surface area contributed by atoms with Crippen molar-refractivity contribution in [3.63, 3.8) is 0 Å². The highest BCUT2D eigenvalue weighted by molar-refractivity contribution is 6.09. The molecule has 0 spiro atoms. The Hall–Kier alpha value is -2.06. The molecule has 25 heavy (non-hydrogen) atoms. The summed E-state index contributed by atoms with van der Waals surface area (Å²) < 4.78 is 0. The molecule has 2 heteroatoms. The second-order valence-corrected chi connectivity index (χ2v) is 7.77. The smallest absolute Gasteiger partial charge is 0.0373 e. The zero-order chi connectivity index (χ0) is 16.8. The fourth-order valence-electron chi connectivity index (χ4n) is 4.65. The number of nitrogens with zero attached hydrogens (tertiary/aromatic N) is 2. The molecule has 1 heterocycles. The minimum Gasteiger partial charge on any atom is -0.369 e. The number of hydrogen-bond acceptors (Lipinski definition) is 2. The highest BCUT2D eigenvalue weighted by atomic mass is 15.2. The molecule has 0 saturated carbocycles. The van der Waals surface area contributed by atoms with Crippen molar-refractivity contribution in [3.05, 3.63) is 53.6 Å². The normalized spacial score (nSPS) is 18.7. The third kappa shape index (κ3) is 2.60. The van der Waals surface area contributed by atoms with Crippen molar-refractivity contribution < 1.29 is 0 Å². The van der Waals surface area contributed by atoms with E-state index in [1.54, 1.807) is 11.1 Å². The zero-order valence-electron chi connectivity index (χ0n) is 15.1. The molecule has 2 nitrogen and oxygen atoms in total. The van der Waals surface area contributed by atoms with Crippen LogP contribution in [0.1, 0.15) is 24.0 Å². The van der Waals surface area contributed by atoms with E-state index < -0.39 is 0 Å². The van der Waals surface area contributed by atoms with E-state index in [0.717, 1.165) is 26.2 Å². The molecule has 0 amide bonds. The van der Waals surface area contributed by atoms with Crippen LogP contribution in [-0.4, -0.2) is 38.1 Å². The maximum absolute atomic E-state index is 2.52. The molecule has 0 atom stereocenters. The molecular formula is C23H26N2. The van der Waals surface area contributed by atoms with Gasteiger partial charge in [-0.1, -0.05) is 30.3 Å². The van der Waals surface area contributed by atoms with Gasteiger partial charge in [0, 0.05) is 31.9 Å². The Morgan fingerprint density at radius 1 is 0.720 bits per heavy atom. The Balaban J connectivity index is 1.60. The van der Waals surface area contributed by atoms with Crippen LogP contribution in [0.4, 0.5) is 5.69 Å². The monoisotopic (exact) mass is 330 g/mol. The van der Waals surface area contributed by atoms with Gasteiger partial charge in [0.25, 0.3) is 0 Å². The van der Waals surface area contributed by atoms with Crippen LogP contribution >= 0.6 is 0 Å². The Bertz CT molecular complexity index is 936. The number of fused-ring (bicyclic) bond motifs is 5. The molecule has 3 aromatic rings. The summed E-state index contributed by atoms with van der Waals surface area (Å²) in [6, 6.07) is 16.5.